The lowest BCUT2D eigenvalue weighted by atomic mass is 10.3. The van der Waals surface area contributed by atoms with Crippen LogP contribution in [0.3, 0.4) is 0 Å². The summed E-state index contributed by atoms with van der Waals surface area (Å²) in [6, 6.07) is 1.78. The molecule has 0 aliphatic rings. The van der Waals surface area contributed by atoms with Gasteiger partial charge in [0.25, 0.3) is 0 Å². The standard InChI is InChI=1S/C10H15ClF3N3/c1-8-5-9(16(2)15-8)6-17(4-3-11)7-10(12,13)14/h5H,3-4,6-7H2,1-2H3. The number of rotatable bonds is 5. The van der Waals surface area contributed by atoms with E-state index in [4.69, 9.17) is 11.6 Å². The van der Waals surface area contributed by atoms with Crippen molar-refractivity contribution in [2.24, 2.45) is 7.05 Å². The fourth-order valence-electron chi connectivity index (χ4n) is 1.63. The van der Waals surface area contributed by atoms with Crippen molar-refractivity contribution in [1.29, 1.82) is 0 Å². The lowest BCUT2D eigenvalue weighted by molar-refractivity contribution is -0.146. The van der Waals surface area contributed by atoms with Crippen molar-refractivity contribution >= 4 is 11.6 Å². The van der Waals surface area contributed by atoms with Gasteiger partial charge >= 0.3 is 6.18 Å². The van der Waals surface area contributed by atoms with Gasteiger partial charge in [0.05, 0.1) is 17.9 Å². The first kappa shape index (κ1) is 14.3. The molecule has 0 amide bonds. The largest absolute Gasteiger partial charge is 0.401 e. The van der Waals surface area contributed by atoms with Crippen LogP contribution in [0.25, 0.3) is 0 Å². The van der Waals surface area contributed by atoms with E-state index in [-0.39, 0.29) is 19.0 Å². The molecule has 1 heterocycles. The molecule has 0 unspecified atom stereocenters. The molecule has 0 N–H and O–H groups in total. The lowest BCUT2D eigenvalue weighted by Crippen LogP contribution is -2.35. The Balaban J connectivity index is 2.69. The highest BCUT2D eigenvalue weighted by Crippen LogP contribution is 2.18. The molecule has 1 aromatic rings. The highest BCUT2D eigenvalue weighted by molar-refractivity contribution is 6.18. The Bertz CT molecular complexity index is 362. The summed E-state index contributed by atoms with van der Waals surface area (Å²) in [6.07, 6.45) is -4.21. The first-order valence-electron chi connectivity index (χ1n) is 5.16. The minimum Gasteiger partial charge on any atom is -0.288 e. The average molecular weight is 270 g/mol. The Morgan fingerprint density at radius 2 is 2.12 bits per heavy atom. The maximum absolute atomic E-state index is 12.3. The predicted molar refractivity (Wildman–Crippen MR) is 60.0 cm³/mol. The Kier molecular flexibility index (Phi) is 4.82. The van der Waals surface area contributed by atoms with E-state index in [2.05, 4.69) is 5.10 Å². The lowest BCUT2D eigenvalue weighted by Gasteiger charge is -2.22. The first-order valence-corrected chi connectivity index (χ1v) is 5.70. The summed E-state index contributed by atoms with van der Waals surface area (Å²) in [5.74, 6) is 0.174. The molecule has 0 saturated heterocycles. The first-order chi connectivity index (χ1) is 7.81. The SMILES string of the molecule is Cc1cc(CN(CCCl)CC(F)(F)F)n(C)n1. The summed E-state index contributed by atoms with van der Waals surface area (Å²) < 4.78 is 38.6. The van der Waals surface area contributed by atoms with Crippen LogP contribution in [0.2, 0.25) is 0 Å². The molecule has 0 radical (unpaired) electrons. The third-order valence-corrected chi connectivity index (χ3v) is 2.46. The van der Waals surface area contributed by atoms with Gasteiger partial charge < -0.3 is 0 Å². The van der Waals surface area contributed by atoms with Gasteiger partial charge in [-0.3, -0.25) is 9.58 Å². The Labute approximate surface area is 103 Å². The summed E-state index contributed by atoms with van der Waals surface area (Å²) in [5, 5.41) is 4.10. The van der Waals surface area contributed by atoms with E-state index >= 15 is 0 Å². The maximum atomic E-state index is 12.3. The van der Waals surface area contributed by atoms with Gasteiger partial charge in [-0.2, -0.15) is 18.3 Å². The molecule has 0 bridgehead atoms. The molecule has 1 aromatic heterocycles. The van der Waals surface area contributed by atoms with Crippen LogP contribution in [-0.2, 0) is 13.6 Å². The van der Waals surface area contributed by atoms with E-state index in [1.54, 1.807) is 24.7 Å². The molecular formula is C10H15ClF3N3. The summed E-state index contributed by atoms with van der Waals surface area (Å²) >= 11 is 5.50. The highest BCUT2D eigenvalue weighted by Gasteiger charge is 2.30. The predicted octanol–water partition coefficient (Wildman–Crippen LogP) is 2.33. The second kappa shape index (κ2) is 5.73. The zero-order valence-corrected chi connectivity index (χ0v) is 10.5. The van der Waals surface area contributed by atoms with E-state index in [1.165, 1.54) is 4.90 Å². The number of hydrogen-bond donors (Lipinski definition) is 0. The number of aromatic nitrogens is 2. The van der Waals surface area contributed by atoms with Crippen LogP contribution >= 0.6 is 11.6 Å². The minimum absolute atomic E-state index is 0.174. The van der Waals surface area contributed by atoms with E-state index in [9.17, 15) is 13.2 Å². The highest BCUT2D eigenvalue weighted by atomic mass is 35.5. The van der Waals surface area contributed by atoms with Gasteiger partial charge in [-0.25, -0.2) is 0 Å². The monoisotopic (exact) mass is 269 g/mol. The zero-order valence-electron chi connectivity index (χ0n) is 9.76. The average Bonchev–Trinajstić information content (AvgIpc) is 2.42. The van der Waals surface area contributed by atoms with Crippen LogP contribution in [0, 0.1) is 6.92 Å². The van der Waals surface area contributed by atoms with E-state index in [1.807, 2.05) is 0 Å². The molecular weight excluding hydrogens is 255 g/mol. The molecule has 0 saturated carbocycles. The van der Waals surface area contributed by atoms with Crippen LogP contribution in [0.15, 0.2) is 6.07 Å². The van der Waals surface area contributed by atoms with Crippen LogP contribution in [0.5, 0.6) is 0 Å². The number of halogens is 4. The third kappa shape index (κ3) is 4.95. The van der Waals surface area contributed by atoms with Crippen molar-refractivity contribution in [3.05, 3.63) is 17.5 Å². The summed E-state index contributed by atoms with van der Waals surface area (Å²) in [6.45, 7) is 1.25. The van der Waals surface area contributed by atoms with Gasteiger partial charge in [-0.1, -0.05) is 0 Å². The van der Waals surface area contributed by atoms with Crippen molar-refractivity contribution < 1.29 is 13.2 Å². The van der Waals surface area contributed by atoms with Crippen LogP contribution in [-0.4, -0.2) is 39.8 Å². The molecule has 0 atom stereocenters. The van der Waals surface area contributed by atoms with Gasteiger partial charge in [0.15, 0.2) is 0 Å². The van der Waals surface area contributed by atoms with Crippen LogP contribution < -0.4 is 0 Å². The molecule has 17 heavy (non-hydrogen) atoms. The van der Waals surface area contributed by atoms with Crippen molar-refractivity contribution in [3.63, 3.8) is 0 Å². The molecule has 0 spiro atoms. The van der Waals surface area contributed by atoms with E-state index in [0.29, 0.717) is 0 Å². The van der Waals surface area contributed by atoms with Gasteiger partial charge in [0, 0.05) is 26.0 Å². The Morgan fingerprint density at radius 3 is 2.53 bits per heavy atom. The van der Waals surface area contributed by atoms with Gasteiger partial charge in [0.1, 0.15) is 0 Å². The van der Waals surface area contributed by atoms with Crippen molar-refractivity contribution in [2.45, 2.75) is 19.6 Å². The van der Waals surface area contributed by atoms with Crippen molar-refractivity contribution in [1.82, 2.24) is 14.7 Å². The summed E-state index contributed by atoms with van der Waals surface area (Å²) in [4.78, 5) is 1.27. The van der Waals surface area contributed by atoms with E-state index < -0.39 is 12.7 Å². The maximum Gasteiger partial charge on any atom is 0.401 e. The molecule has 0 aliphatic heterocycles. The second-order valence-corrected chi connectivity index (χ2v) is 4.29. The topological polar surface area (TPSA) is 21.1 Å². The van der Waals surface area contributed by atoms with Crippen molar-refractivity contribution in [2.75, 3.05) is 19.0 Å². The normalized spacial score (nSPS) is 12.4. The fourth-order valence-corrected chi connectivity index (χ4v) is 1.87. The molecule has 3 nitrogen and oxygen atoms in total. The Hall–Kier alpha value is -0.750. The molecule has 1 rings (SSSR count). The number of aryl methyl sites for hydroxylation is 2. The number of nitrogens with zero attached hydrogens (tertiary/aromatic N) is 3. The molecule has 98 valence electrons. The molecule has 7 heteroatoms. The molecule has 0 fully saturated rings. The third-order valence-electron chi connectivity index (χ3n) is 2.29. The smallest absolute Gasteiger partial charge is 0.288 e. The van der Waals surface area contributed by atoms with Crippen LogP contribution in [0.1, 0.15) is 11.4 Å². The number of alkyl halides is 4. The van der Waals surface area contributed by atoms with E-state index in [0.717, 1.165) is 11.4 Å². The second-order valence-electron chi connectivity index (χ2n) is 3.92. The Morgan fingerprint density at radius 1 is 1.47 bits per heavy atom. The molecule has 0 aliphatic carbocycles. The zero-order chi connectivity index (χ0) is 13.1. The minimum atomic E-state index is -4.21. The summed E-state index contributed by atoms with van der Waals surface area (Å²) in [5.41, 5.74) is 1.54. The van der Waals surface area contributed by atoms with Gasteiger partial charge in [-0.15, -0.1) is 11.6 Å². The quantitative estimate of drug-likeness (QED) is 0.765. The van der Waals surface area contributed by atoms with Crippen LogP contribution in [0.4, 0.5) is 13.2 Å². The summed E-state index contributed by atoms with van der Waals surface area (Å²) in [7, 11) is 1.72. The van der Waals surface area contributed by atoms with Gasteiger partial charge in [-0.05, 0) is 13.0 Å². The van der Waals surface area contributed by atoms with Crippen molar-refractivity contribution in [3.8, 4) is 0 Å². The van der Waals surface area contributed by atoms with Gasteiger partial charge in [0.2, 0.25) is 0 Å². The number of hydrogen-bond acceptors (Lipinski definition) is 2. The fraction of sp³-hybridized carbons (Fsp3) is 0.700. The molecule has 0 aromatic carbocycles.